The molecule has 0 aliphatic heterocycles. The van der Waals surface area contributed by atoms with E-state index in [2.05, 4.69) is 5.32 Å². The topological polar surface area (TPSA) is 86.6 Å². The molecule has 3 aromatic rings. The molecule has 0 spiro atoms. The molecule has 0 radical (unpaired) electrons. The van der Waals surface area contributed by atoms with Crippen molar-refractivity contribution in [1.29, 1.82) is 0 Å². The van der Waals surface area contributed by atoms with Crippen LogP contribution in [-0.2, 0) is 16.0 Å². The number of nitrogens with one attached hydrogen (secondary N) is 1. The van der Waals surface area contributed by atoms with Crippen LogP contribution in [0, 0.1) is 0 Å². The fourth-order valence-electron chi connectivity index (χ4n) is 2.94. The number of aliphatic hydroxyl groups is 1. The average molecular weight is 375 g/mol. The number of carbonyl (C=O) groups is 2. The van der Waals surface area contributed by atoms with E-state index in [0.29, 0.717) is 5.56 Å². The van der Waals surface area contributed by atoms with Crippen LogP contribution in [0.2, 0.25) is 0 Å². The smallest absolute Gasteiger partial charge is 0.326 e. The van der Waals surface area contributed by atoms with Crippen molar-refractivity contribution in [3.63, 3.8) is 0 Å². The molecule has 0 heterocycles. The molecule has 3 aromatic carbocycles. The van der Waals surface area contributed by atoms with Crippen molar-refractivity contribution >= 4 is 11.9 Å². The fourth-order valence-corrected chi connectivity index (χ4v) is 2.94. The second-order valence-electron chi connectivity index (χ2n) is 6.48. The van der Waals surface area contributed by atoms with Crippen LogP contribution < -0.4 is 5.32 Å². The number of aliphatic carboxylic acids is 1. The molecule has 0 saturated heterocycles. The first-order valence-corrected chi connectivity index (χ1v) is 8.95. The predicted molar refractivity (Wildman–Crippen MR) is 107 cm³/mol. The summed E-state index contributed by atoms with van der Waals surface area (Å²) in [4.78, 5) is 23.9. The molecule has 28 heavy (non-hydrogen) atoms. The summed E-state index contributed by atoms with van der Waals surface area (Å²) in [5, 5.41) is 22.0. The van der Waals surface area contributed by atoms with Gasteiger partial charge in [0.1, 0.15) is 6.04 Å². The summed E-state index contributed by atoms with van der Waals surface area (Å²) < 4.78 is 0. The first-order chi connectivity index (χ1) is 13.5. The van der Waals surface area contributed by atoms with Gasteiger partial charge in [-0.1, -0.05) is 84.9 Å². The van der Waals surface area contributed by atoms with E-state index in [9.17, 15) is 19.8 Å². The summed E-state index contributed by atoms with van der Waals surface area (Å²) in [6, 6.07) is 24.7. The molecule has 3 rings (SSSR count). The summed E-state index contributed by atoms with van der Waals surface area (Å²) in [6.45, 7) is 0. The van der Waals surface area contributed by atoms with E-state index >= 15 is 0 Å². The summed E-state index contributed by atoms with van der Waals surface area (Å²) in [5.41, 5.74) is 3.29. The Morgan fingerprint density at radius 2 is 1.32 bits per heavy atom. The summed E-state index contributed by atoms with van der Waals surface area (Å²) in [5.74, 6) is -1.89. The molecular weight excluding hydrogens is 354 g/mol. The lowest BCUT2D eigenvalue weighted by Crippen LogP contribution is -2.44. The molecule has 0 fully saturated rings. The van der Waals surface area contributed by atoms with Gasteiger partial charge in [0.05, 0.1) is 0 Å². The Morgan fingerprint density at radius 1 is 0.786 bits per heavy atom. The largest absolute Gasteiger partial charge is 0.480 e. The molecule has 0 aliphatic carbocycles. The van der Waals surface area contributed by atoms with Gasteiger partial charge in [-0.2, -0.15) is 0 Å². The van der Waals surface area contributed by atoms with Crippen LogP contribution in [0.25, 0.3) is 11.1 Å². The monoisotopic (exact) mass is 375 g/mol. The summed E-state index contributed by atoms with van der Waals surface area (Å²) >= 11 is 0. The summed E-state index contributed by atoms with van der Waals surface area (Å²) in [7, 11) is 0. The van der Waals surface area contributed by atoms with E-state index in [1.807, 2.05) is 54.6 Å². The Kier molecular flexibility index (Phi) is 6.19. The predicted octanol–water partition coefficient (Wildman–Crippen LogP) is 3.20. The van der Waals surface area contributed by atoms with Crippen molar-refractivity contribution in [2.45, 2.75) is 18.6 Å². The van der Waals surface area contributed by atoms with E-state index < -0.39 is 24.0 Å². The molecule has 3 N–H and O–H groups in total. The molecule has 142 valence electrons. The molecule has 5 nitrogen and oxygen atoms in total. The van der Waals surface area contributed by atoms with Crippen molar-refractivity contribution in [2.75, 3.05) is 0 Å². The number of carboxylic acids is 1. The molecule has 0 aliphatic rings. The van der Waals surface area contributed by atoms with E-state index in [1.165, 1.54) is 0 Å². The Balaban J connectivity index is 1.68. The van der Waals surface area contributed by atoms with Gasteiger partial charge in [0, 0.05) is 6.42 Å². The molecule has 1 amide bonds. The van der Waals surface area contributed by atoms with Gasteiger partial charge in [-0.05, 0) is 22.3 Å². The number of amides is 1. The first kappa shape index (κ1) is 19.3. The van der Waals surface area contributed by atoms with Crippen molar-refractivity contribution in [2.24, 2.45) is 0 Å². The Hall–Kier alpha value is -3.44. The van der Waals surface area contributed by atoms with Crippen molar-refractivity contribution in [1.82, 2.24) is 5.32 Å². The third kappa shape index (κ3) is 4.84. The standard InChI is InChI=1S/C23H21NO4/c25-21(19-9-5-2-6-10-19)22(26)24-20(23(27)28)15-16-11-13-18(14-12-16)17-7-3-1-4-8-17/h1-14,20-21,25H,15H2,(H,24,26)(H,27,28)/t20-,21+/m1/s1. The molecule has 2 atom stereocenters. The van der Waals surface area contributed by atoms with Crippen LogP contribution in [-0.4, -0.2) is 28.1 Å². The van der Waals surface area contributed by atoms with Crippen molar-refractivity contribution < 1.29 is 19.8 Å². The third-order valence-corrected chi connectivity index (χ3v) is 4.48. The van der Waals surface area contributed by atoms with Gasteiger partial charge in [0.25, 0.3) is 5.91 Å². The van der Waals surface area contributed by atoms with Crippen LogP contribution in [0.4, 0.5) is 0 Å². The Bertz CT molecular complexity index is 924. The maximum absolute atomic E-state index is 12.3. The molecule has 0 saturated carbocycles. The maximum Gasteiger partial charge on any atom is 0.326 e. The van der Waals surface area contributed by atoms with Crippen molar-refractivity contribution in [3.05, 3.63) is 96.1 Å². The number of hydrogen-bond acceptors (Lipinski definition) is 3. The number of carbonyl (C=O) groups excluding carboxylic acids is 1. The van der Waals surface area contributed by atoms with Gasteiger partial charge in [0.15, 0.2) is 6.10 Å². The number of hydrogen-bond donors (Lipinski definition) is 3. The van der Waals surface area contributed by atoms with Gasteiger partial charge in [-0.25, -0.2) is 4.79 Å². The minimum Gasteiger partial charge on any atom is -0.480 e. The average Bonchev–Trinajstić information content (AvgIpc) is 2.74. The zero-order chi connectivity index (χ0) is 19.9. The molecule has 5 heteroatoms. The van der Waals surface area contributed by atoms with Gasteiger partial charge in [0.2, 0.25) is 0 Å². The van der Waals surface area contributed by atoms with Crippen molar-refractivity contribution in [3.8, 4) is 11.1 Å². The highest BCUT2D eigenvalue weighted by atomic mass is 16.4. The lowest BCUT2D eigenvalue weighted by Gasteiger charge is -2.18. The number of rotatable bonds is 7. The highest BCUT2D eigenvalue weighted by molar-refractivity contribution is 5.87. The Morgan fingerprint density at radius 3 is 1.89 bits per heavy atom. The zero-order valence-electron chi connectivity index (χ0n) is 15.2. The molecule has 0 bridgehead atoms. The Labute approximate surface area is 163 Å². The van der Waals surface area contributed by atoms with Gasteiger partial charge in [-0.15, -0.1) is 0 Å². The van der Waals surface area contributed by atoms with E-state index in [1.54, 1.807) is 30.3 Å². The molecule has 0 unspecified atom stereocenters. The van der Waals surface area contributed by atoms with Crippen LogP contribution in [0.5, 0.6) is 0 Å². The minimum atomic E-state index is -1.41. The third-order valence-electron chi connectivity index (χ3n) is 4.48. The van der Waals surface area contributed by atoms with Gasteiger partial charge < -0.3 is 15.5 Å². The number of carboxylic acid groups (broad SMARTS) is 1. The van der Waals surface area contributed by atoms with Crippen LogP contribution in [0.15, 0.2) is 84.9 Å². The van der Waals surface area contributed by atoms with Gasteiger partial charge >= 0.3 is 5.97 Å². The SMILES string of the molecule is O=C(N[C@H](Cc1ccc(-c2ccccc2)cc1)C(=O)O)[C@@H](O)c1ccccc1. The highest BCUT2D eigenvalue weighted by Crippen LogP contribution is 2.20. The lowest BCUT2D eigenvalue weighted by molar-refractivity contribution is -0.143. The summed E-state index contributed by atoms with van der Waals surface area (Å²) in [6.07, 6.45) is -1.29. The van der Waals surface area contributed by atoms with Crippen LogP contribution >= 0.6 is 0 Å². The van der Waals surface area contributed by atoms with E-state index in [-0.39, 0.29) is 6.42 Å². The zero-order valence-corrected chi connectivity index (χ0v) is 15.2. The van der Waals surface area contributed by atoms with Gasteiger partial charge in [-0.3, -0.25) is 4.79 Å². The molecule has 0 aromatic heterocycles. The molecular formula is C23H21NO4. The van der Waals surface area contributed by atoms with Crippen LogP contribution in [0.1, 0.15) is 17.2 Å². The fraction of sp³-hybridized carbons (Fsp3) is 0.130. The lowest BCUT2D eigenvalue weighted by atomic mass is 10.0. The minimum absolute atomic E-state index is 0.123. The van der Waals surface area contributed by atoms with Crippen LogP contribution in [0.3, 0.4) is 0 Å². The quantitative estimate of drug-likeness (QED) is 0.592. The second kappa shape index (κ2) is 8.97. The first-order valence-electron chi connectivity index (χ1n) is 8.95. The second-order valence-corrected chi connectivity index (χ2v) is 6.48. The normalized spacial score (nSPS) is 12.8. The maximum atomic E-state index is 12.3. The number of benzene rings is 3. The highest BCUT2D eigenvalue weighted by Gasteiger charge is 2.25. The number of aliphatic hydroxyl groups excluding tert-OH is 1. The van der Waals surface area contributed by atoms with E-state index in [0.717, 1.165) is 16.7 Å². The van der Waals surface area contributed by atoms with E-state index in [4.69, 9.17) is 0 Å².